The van der Waals surface area contributed by atoms with E-state index in [1.165, 1.54) is 0 Å². The number of benzene rings is 2. The van der Waals surface area contributed by atoms with Gasteiger partial charge in [0.05, 0.1) is 12.1 Å². The number of hydrogen-bond acceptors (Lipinski definition) is 6. The number of carbonyl (C=O) groups is 1. The van der Waals surface area contributed by atoms with E-state index >= 15 is 0 Å². The van der Waals surface area contributed by atoms with Crippen molar-refractivity contribution < 1.29 is 19.4 Å². The molecule has 0 spiro atoms. The number of urea groups is 1. The summed E-state index contributed by atoms with van der Waals surface area (Å²) in [5, 5.41) is 16.8. The third-order valence-electron chi connectivity index (χ3n) is 6.94. The first-order valence-corrected chi connectivity index (χ1v) is 13.0. The van der Waals surface area contributed by atoms with Crippen LogP contribution in [0.4, 0.5) is 10.5 Å². The van der Waals surface area contributed by atoms with E-state index in [-0.39, 0.29) is 6.03 Å². The van der Waals surface area contributed by atoms with E-state index in [2.05, 4.69) is 28.3 Å². The smallest absolute Gasteiger partial charge is 0.319 e. The Bertz CT molecular complexity index is 1250. The van der Waals surface area contributed by atoms with Gasteiger partial charge in [0.1, 0.15) is 23.5 Å². The van der Waals surface area contributed by atoms with Crippen LogP contribution in [0.5, 0.6) is 17.2 Å². The van der Waals surface area contributed by atoms with Crippen molar-refractivity contribution in [2.45, 2.75) is 50.8 Å². The highest BCUT2D eigenvalue weighted by atomic mass is 16.5. The van der Waals surface area contributed by atoms with Crippen molar-refractivity contribution in [2.75, 3.05) is 25.0 Å². The van der Waals surface area contributed by atoms with Crippen molar-refractivity contribution >= 4 is 22.6 Å². The van der Waals surface area contributed by atoms with E-state index in [4.69, 9.17) is 9.47 Å². The third-order valence-corrected chi connectivity index (χ3v) is 6.94. The zero-order valence-electron chi connectivity index (χ0n) is 21.2. The summed E-state index contributed by atoms with van der Waals surface area (Å²) in [7, 11) is 0. The molecule has 1 aliphatic heterocycles. The molecule has 1 saturated carbocycles. The van der Waals surface area contributed by atoms with Crippen LogP contribution >= 0.6 is 0 Å². The number of amides is 2. The molecule has 1 aliphatic carbocycles. The van der Waals surface area contributed by atoms with Gasteiger partial charge in [-0.25, -0.2) is 4.79 Å². The average molecular weight is 503 g/mol. The molecule has 2 fully saturated rings. The van der Waals surface area contributed by atoms with E-state index in [9.17, 15) is 9.90 Å². The van der Waals surface area contributed by atoms with E-state index in [1.54, 1.807) is 12.3 Å². The minimum atomic E-state index is -0.609. The molecule has 5 rings (SSSR count). The minimum Gasteiger partial charge on any atom is -0.494 e. The minimum absolute atomic E-state index is 0.182. The normalized spacial score (nSPS) is 17.2. The second-order valence-corrected chi connectivity index (χ2v) is 9.61. The summed E-state index contributed by atoms with van der Waals surface area (Å²) in [6, 6.07) is 13.5. The van der Waals surface area contributed by atoms with Crippen LogP contribution in [0.1, 0.15) is 44.1 Å². The number of rotatable bonds is 9. The lowest BCUT2D eigenvalue weighted by Crippen LogP contribution is -2.39. The number of ether oxygens (including phenoxy) is 2. The number of aliphatic hydroxyl groups is 1. The summed E-state index contributed by atoms with van der Waals surface area (Å²) in [4.78, 5) is 18.6. The SMILES string of the molecule is C=CC(O)N1CCC(c2cc3c(Oc4ccc(NC(=O)NC5CC5)cc4)ccnc3cc2OCC)CC1. The summed E-state index contributed by atoms with van der Waals surface area (Å²) < 4.78 is 12.3. The van der Waals surface area contributed by atoms with E-state index in [1.807, 2.05) is 48.2 Å². The highest BCUT2D eigenvalue weighted by Crippen LogP contribution is 2.40. The number of aromatic nitrogens is 1. The number of hydrogen-bond donors (Lipinski definition) is 3. The first-order chi connectivity index (χ1) is 18.0. The summed E-state index contributed by atoms with van der Waals surface area (Å²) >= 11 is 0. The molecule has 8 nitrogen and oxygen atoms in total. The van der Waals surface area contributed by atoms with Gasteiger partial charge >= 0.3 is 6.03 Å². The fourth-order valence-corrected chi connectivity index (χ4v) is 4.79. The predicted molar refractivity (Wildman–Crippen MR) is 144 cm³/mol. The number of fused-ring (bicyclic) bond motifs is 1. The lowest BCUT2D eigenvalue weighted by atomic mass is 9.87. The Morgan fingerprint density at radius 2 is 1.92 bits per heavy atom. The molecule has 2 amide bonds. The number of likely N-dealkylation sites (tertiary alicyclic amines) is 1. The molecule has 194 valence electrons. The van der Waals surface area contributed by atoms with Crippen molar-refractivity contribution in [3.05, 3.63) is 66.9 Å². The van der Waals surface area contributed by atoms with Gasteiger partial charge in [-0.3, -0.25) is 9.88 Å². The molecule has 2 aromatic carbocycles. The second-order valence-electron chi connectivity index (χ2n) is 9.61. The number of nitrogens with zero attached hydrogens (tertiary/aromatic N) is 2. The Balaban J connectivity index is 1.36. The molecule has 2 aliphatic rings. The predicted octanol–water partition coefficient (Wildman–Crippen LogP) is 5.39. The summed E-state index contributed by atoms with van der Waals surface area (Å²) in [6.07, 6.45) is 6.62. The van der Waals surface area contributed by atoms with E-state index < -0.39 is 6.23 Å². The molecule has 8 heteroatoms. The van der Waals surface area contributed by atoms with Gasteiger partial charge in [-0.2, -0.15) is 0 Å². The van der Waals surface area contributed by atoms with Crippen LogP contribution in [-0.2, 0) is 0 Å². The second kappa shape index (κ2) is 11.2. The van der Waals surface area contributed by atoms with Gasteiger partial charge in [0, 0.05) is 42.5 Å². The van der Waals surface area contributed by atoms with Crippen LogP contribution in [0, 0.1) is 0 Å². The number of piperidine rings is 1. The lowest BCUT2D eigenvalue weighted by molar-refractivity contribution is 0.0242. The van der Waals surface area contributed by atoms with Crippen molar-refractivity contribution in [3.8, 4) is 17.2 Å². The van der Waals surface area contributed by atoms with Gasteiger partial charge in [0.15, 0.2) is 0 Å². The lowest BCUT2D eigenvalue weighted by Gasteiger charge is -2.34. The van der Waals surface area contributed by atoms with Crippen LogP contribution < -0.4 is 20.1 Å². The standard InChI is InChI=1S/C29H34N4O4/c1-3-28(34)33-15-12-19(13-16-33)23-17-24-25(18-27(23)36-4-2)30-14-11-26(24)37-22-9-7-21(8-10-22)32-29(35)31-20-5-6-20/h3,7-11,14,17-20,28,34H,1,4-6,12-13,15-16H2,2H3,(H2,31,32,35). The third kappa shape index (κ3) is 6.03. The van der Waals surface area contributed by atoms with Gasteiger partial charge in [-0.1, -0.05) is 6.58 Å². The first-order valence-electron chi connectivity index (χ1n) is 13.0. The quantitative estimate of drug-likeness (QED) is 0.340. The van der Waals surface area contributed by atoms with Crippen molar-refractivity contribution in [1.82, 2.24) is 15.2 Å². The Kier molecular flexibility index (Phi) is 7.58. The molecule has 1 atom stereocenters. The number of anilines is 1. The number of aliphatic hydroxyl groups excluding tert-OH is 1. The molecule has 0 bridgehead atoms. The van der Waals surface area contributed by atoms with Crippen LogP contribution in [-0.4, -0.2) is 53.0 Å². The number of nitrogens with one attached hydrogen (secondary N) is 2. The van der Waals surface area contributed by atoms with Crippen molar-refractivity contribution in [3.63, 3.8) is 0 Å². The topological polar surface area (TPSA) is 96.0 Å². The summed E-state index contributed by atoms with van der Waals surface area (Å²) in [5.74, 6) is 2.53. The van der Waals surface area contributed by atoms with Crippen LogP contribution in [0.25, 0.3) is 10.9 Å². The fraction of sp³-hybridized carbons (Fsp3) is 0.379. The maximum absolute atomic E-state index is 12.0. The van der Waals surface area contributed by atoms with Gasteiger partial charge in [0.2, 0.25) is 0 Å². The Morgan fingerprint density at radius 1 is 1.16 bits per heavy atom. The van der Waals surface area contributed by atoms with Crippen molar-refractivity contribution in [1.29, 1.82) is 0 Å². The Labute approximate surface area is 217 Å². The van der Waals surface area contributed by atoms with Gasteiger partial charge in [0.25, 0.3) is 0 Å². The van der Waals surface area contributed by atoms with Crippen LogP contribution in [0.15, 0.2) is 61.3 Å². The first kappa shape index (κ1) is 25.0. The molecule has 3 aromatic rings. The summed E-state index contributed by atoms with van der Waals surface area (Å²) in [6.45, 7) is 7.84. The maximum atomic E-state index is 12.0. The zero-order valence-corrected chi connectivity index (χ0v) is 21.2. The molecule has 2 heterocycles. The average Bonchev–Trinajstić information content (AvgIpc) is 3.73. The monoisotopic (exact) mass is 502 g/mol. The zero-order chi connectivity index (χ0) is 25.8. The molecule has 3 N–H and O–H groups in total. The fourth-order valence-electron chi connectivity index (χ4n) is 4.79. The molecule has 0 radical (unpaired) electrons. The molecular weight excluding hydrogens is 468 g/mol. The molecule has 37 heavy (non-hydrogen) atoms. The van der Waals surface area contributed by atoms with E-state index in [0.717, 1.165) is 61.0 Å². The van der Waals surface area contributed by atoms with Crippen LogP contribution in [0.2, 0.25) is 0 Å². The van der Waals surface area contributed by atoms with Gasteiger partial charge < -0.3 is 25.2 Å². The molecular formula is C29H34N4O4. The maximum Gasteiger partial charge on any atom is 0.319 e. The van der Waals surface area contributed by atoms with Crippen LogP contribution in [0.3, 0.4) is 0 Å². The van der Waals surface area contributed by atoms with E-state index in [0.29, 0.717) is 35.8 Å². The number of pyridine rings is 1. The molecule has 1 unspecified atom stereocenters. The Morgan fingerprint density at radius 3 is 2.59 bits per heavy atom. The largest absolute Gasteiger partial charge is 0.494 e. The highest BCUT2D eigenvalue weighted by Gasteiger charge is 2.26. The summed E-state index contributed by atoms with van der Waals surface area (Å²) in [5.41, 5.74) is 2.65. The number of carbonyl (C=O) groups excluding carboxylic acids is 1. The highest BCUT2D eigenvalue weighted by molar-refractivity contribution is 5.90. The van der Waals surface area contributed by atoms with Crippen molar-refractivity contribution in [2.24, 2.45) is 0 Å². The van der Waals surface area contributed by atoms with Gasteiger partial charge in [-0.05, 0) is 86.6 Å². The molecule has 1 saturated heterocycles. The van der Waals surface area contributed by atoms with Gasteiger partial charge in [-0.15, -0.1) is 0 Å². The Hall–Kier alpha value is -3.62. The molecule has 1 aromatic heterocycles.